The van der Waals surface area contributed by atoms with Crippen LogP contribution in [0.4, 0.5) is 4.39 Å². The molecule has 4 N–H and O–H groups in total. The minimum atomic E-state index is -0.373. The number of benzene rings is 1. The standard InChI is InChI=1S/C24H30FN5O2/c1-4-18(19-14-28-30(22(19)6-3)17-9-7-16(25)8-10-17)24(32)29-20(5-2)15-11-12-27-21(13-15)23(26)31/h4,6-10,14-15,20-21,27H,3,5,11-13H2,1-2H3,(H2,26,31)(H,29,32)/b18-4+. The van der Waals surface area contributed by atoms with Crippen LogP contribution >= 0.6 is 0 Å². The van der Waals surface area contributed by atoms with Crippen LogP contribution < -0.4 is 16.4 Å². The van der Waals surface area contributed by atoms with Crippen molar-refractivity contribution in [2.45, 2.75) is 45.2 Å². The third kappa shape index (κ3) is 4.96. The minimum Gasteiger partial charge on any atom is -0.368 e. The van der Waals surface area contributed by atoms with E-state index in [0.29, 0.717) is 35.5 Å². The van der Waals surface area contributed by atoms with Crippen LogP contribution in [0.3, 0.4) is 0 Å². The first-order valence-corrected chi connectivity index (χ1v) is 10.9. The quantitative estimate of drug-likeness (QED) is 0.551. The van der Waals surface area contributed by atoms with E-state index in [1.807, 2.05) is 6.92 Å². The normalized spacial score (nSPS) is 19.9. The molecule has 1 fully saturated rings. The van der Waals surface area contributed by atoms with Crippen LogP contribution in [0.5, 0.6) is 0 Å². The van der Waals surface area contributed by atoms with Gasteiger partial charge in [0.2, 0.25) is 5.91 Å². The number of carbonyl (C=O) groups excluding carboxylic acids is 2. The first-order chi connectivity index (χ1) is 15.4. The van der Waals surface area contributed by atoms with Crippen LogP contribution in [-0.2, 0) is 9.59 Å². The topological polar surface area (TPSA) is 102 Å². The van der Waals surface area contributed by atoms with Gasteiger partial charge < -0.3 is 16.4 Å². The zero-order chi connectivity index (χ0) is 23.3. The van der Waals surface area contributed by atoms with E-state index >= 15 is 0 Å². The van der Waals surface area contributed by atoms with Gasteiger partial charge in [-0.3, -0.25) is 9.59 Å². The number of piperidine rings is 1. The molecule has 0 aliphatic carbocycles. The minimum absolute atomic E-state index is 0.0827. The van der Waals surface area contributed by atoms with E-state index in [9.17, 15) is 14.0 Å². The Kier molecular flexibility index (Phi) is 7.58. The van der Waals surface area contributed by atoms with Gasteiger partial charge in [-0.25, -0.2) is 9.07 Å². The highest BCUT2D eigenvalue weighted by Gasteiger charge is 2.31. The van der Waals surface area contributed by atoms with Crippen LogP contribution in [0.15, 0.2) is 43.1 Å². The van der Waals surface area contributed by atoms with Crippen LogP contribution in [0.1, 0.15) is 44.4 Å². The summed E-state index contributed by atoms with van der Waals surface area (Å²) in [4.78, 5) is 24.9. The maximum Gasteiger partial charge on any atom is 0.251 e. The molecule has 2 heterocycles. The Balaban J connectivity index is 1.82. The molecule has 1 aliphatic rings. The van der Waals surface area contributed by atoms with Gasteiger partial charge in [-0.05, 0) is 69.0 Å². The number of nitrogens with zero attached hydrogens (tertiary/aromatic N) is 2. The number of halogens is 1. The Morgan fingerprint density at radius 3 is 2.72 bits per heavy atom. The lowest BCUT2D eigenvalue weighted by atomic mass is 9.84. The van der Waals surface area contributed by atoms with Gasteiger partial charge in [-0.2, -0.15) is 5.10 Å². The molecule has 3 atom stereocenters. The number of nitrogens with one attached hydrogen (secondary N) is 2. The molecule has 170 valence electrons. The number of carbonyl (C=O) groups is 2. The zero-order valence-electron chi connectivity index (χ0n) is 18.5. The molecule has 8 heteroatoms. The highest BCUT2D eigenvalue weighted by molar-refractivity contribution is 6.20. The molecule has 0 radical (unpaired) electrons. The lowest BCUT2D eigenvalue weighted by Gasteiger charge is -2.34. The number of aromatic nitrogens is 2. The molecule has 2 amide bonds. The average molecular weight is 440 g/mol. The predicted molar refractivity (Wildman–Crippen MR) is 123 cm³/mol. The van der Waals surface area contributed by atoms with Crippen molar-refractivity contribution in [1.29, 1.82) is 0 Å². The zero-order valence-corrected chi connectivity index (χ0v) is 18.5. The monoisotopic (exact) mass is 439 g/mol. The van der Waals surface area contributed by atoms with Crippen molar-refractivity contribution in [2.24, 2.45) is 11.7 Å². The lowest BCUT2D eigenvalue weighted by molar-refractivity contribution is -0.121. The van der Waals surface area contributed by atoms with E-state index in [2.05, 4.69) is 22.3 Å². The van der Waals surface area contributed by atoms with Gasteiger partial charge in [-0.15, -0.1) is 0 Å². The van der Waals surface area contributed by atoms with E-state index in [1.54, 1.807) is 42.1 Å². The van der Waals surface area contributed by atoms with Crippen molar-refractivity contribution >= 4 is 23.5 Å². The van der Waals surface area contributed by atoms with Crippen molar-refractivity contribution in [3.05, 3.63) is 60.2 Å². The number of rotatable bonds is 8. The van der Waals surface area contributed by atoms with Crippen LogP contribution in [-0.4, -0.2) is 40.2 Å². The van der Waals surface area contributed by atoms with Crippen molar-refractivity contribution in [1.82, 2.24) is 20.4 Å². The summed E-state index contributed by atoms with van der Waals surface area (Å²) in [6.45, 7) is 8.38. The highest BCUT2D eigenvalue weighted by Crippen LogP contribution is 2.26. The fourth-order valence-corrected chi connectivity index (χ4v) is 4.29. The molecule has 0 spiro atoms. The number of hydrogen-bond acceptors (Lipinski definition) is 4. The number of hydrogen-bond donors (Lipinski definition) is 3. The summed E-state index contributed by atoms with van der Waals surface area (Å²) >= 11 is 0. The van der Waals surface area contributed by atoms with Crippen LogP contribution in [0, 0.1) is 11.7 Å². The van der Waals surface area contributed by atoms with E-state index in [0.717, 1.165) is 12.8 Å². The summed E-state index contributed by atoms with van der Waals surface area (Å²) in [5, 5.41) is 10.7. The number of primary amides is 1. The SMILES string of the molecule is C=Cc1c(/C(=C\C)C(=O)NC(CC)C2CCNC(C(N)=O)C2)cnn1-c1ccc(F)cc1. The van der Waals surface area contributed by atoms with E-state index in [4.69, 9.17) is 5.73 Å². The summed E-state index contributed by atoms with van der Waals surface area (Å²) in [5.74, 6) is -0.761. The Hall–Kier alpha value is -3.26. The van der Waals surface area contributed by atoms with Crippen LogP contribution in [0.25, 0.3) is 17.3 Å². The first kappa shape index (κ1) is 23.4. The third-order valence-electron chi connectivity index (χ3n) is 6.01. The summed E-state index contributed by atoms with van der Waals surface area (Å²) in [6, 6.07) is 5.50. The second-order valence-corrected chi connectivity index (χ2v) is 7.92. The van der Waals surface area contributed by atoms with Gasteiger partial charge >= 0.3 is 0 Å². The van der Waals surface area contributed by atoms with Crippen molar-refractivity contribution in [3.8, 4) is 5.69 Å². The van der Waals surface area contributed by atoms with Gasteiger partial charge in [0.1, 0.15) is 5.82 Å². The maximum absolute atomic E-state index is 13.3. The molecule has 0 saturated carbocycles. The Morgan fingerprint density at radius 1 is 1.41 bits per heavy atom. The molecule has 1 aliphatic heterocycles. The molecule has 1 aromatic heterocycles. The molecule has 3 rings (SSSR count). The Bertz CT molecular complexity index is 1010. The summed E-state index contributed by atoms with van der Waals surface area (Å²) in [7, 11) is 0. The smallest absolute Gasteiger partial charge is 0.251 e. The number of allylic oxidation sites excluding steroid dienone is 1. The van der Waals surface area contributed by atoms with Gasteiger partial charge in [0, 0.05) is 17.2 Å². The van der Waals surface area contributed by atoms with E-state index < -0.39 is 0 Å². The van der Waals surface area contributed by atoms with Gasteiger partial charge in [-0.1, -0.05) is 19.6 Å². The third-order valence-corrected chi connectivity index (χ3v) is 6.01. The van der Waals surface area contributed by atoms with Crippen molar-refractivity contribution < 1.29 is 14.0 Å². The first-order valence-electron chi connectivity index (χ1n) is 10.9. The van der Waals surface area contributed by atoms with E-state index in [-0.39, 0.29) is 35.6 Å². The van der Waals surface area contributed by atoms with E-state index in [1.165, 1.54) is 12.1 Å². The largest absolute Gasteiger partial charge is 0.368 e. The van der Waals surface area contributed by atoms with Crippen molar-refractivity contribution in [2.75, 3.05) is 6.54 Å². The summed E-state index contributed by atoms with van der Waals surface area (Å²) < 4.78 is 14.9. The Morgan fingerprint density at radius 2 is 2.12 bits per heavy atom. The van der Waals surface area contributed by atoms with Crippen LogP contribution in [0.2, 0.25) is 0 Å². The lowest BCUT2D eigenvalue weighted by Crippen LogP contribution is -2.51. The van der Waals surface area contributed by atoms with Gasteiger partial charge in [0.15, 0.2) is 0 Å². The molecule has 1 aromatic carbocycles. The molecule has 1 saturated heterocycles. The maximum atomic E-state index is 13.3. The number of nitrogens with two attached hydrogens (primary N) is 1. The average Bonchev–Trinajstić information content (AvgIpc) is 3.22. The molecule has 32 heavy (non-hydrogen) atoms. The molecule has 7 nitrogen and oxygen atoms in total. The van der Waals surface area contributed by atoms with Crippen molar-refractivity contribution in [3.63, 3.8) is 0 Å². The molecule has 2 aromatic rings. The molecule has 3 unspecified atom stereocenters. The fourth-order valence-electron chi connectivity index (χ4n) is 4.29. The fraction of sp³-hybridized carbons (Fsp3) is 0.375. The molecular weight excluding hydrogens is 409 g/mol. The molecular formula is C24H30FN5O2. The van der Waals surface area contributed by atoms with Gasteiger partial charge in [0.25, 0.3) is 5.91 Å². The number of amides is 2. The Labute approximate surface area is 187 Å². The second kappa shape index (κ2) is 10.4. The summed E-state index contributed by atoms with van der Waals surface area (Å²) in [5.41, 5.74) is 7.90. The molecule has 0 bridgehead atoms. The summed E-state index contributed by atoms with van der Waals surface area (Å²) in [6.07, 6.45) is 7.18. The van der Waals surface area contributed by atoms with Gasteiger partial charge in [0.05, 0.1) is 23.6 Å². The predicted octanol–water partition coefficient (Wildman–Crippen LogP) is 2.81. The second-order valence-electron chi connectivity index (χ2n) is 7.92. The highest BCUT2D eigenvalue weighted by atomic mass is 19.1.